The summed E-state index contributed by atoms with van der Waals surface area (Å²) in [6, 6.07) is 5.87. The fourth-order valence-electron chi connectivity index (χ4n) is 1.95. The maximum Gasteiger partial charge on any atom is 0.174 e. The van der Waals surface area contributed by atoms with Crippen molar-refractivity contribution in [2.24, 2.45) is 0 Å². The summed E-state index contributed by atoms with van der Waals surface area (Å²) < 4.78 is 11.5. The summed E-state index contributed by atoms with van der Waals surface area (Å²) in [5.41, 5.74) is 2.90. The van der Waals surface area contributed by atoms with E-state index >= 15 is 0 Å². The fourth-order valence-corrected chi connectivity index (χ4v) is 2.77. The fraction of sp³-hybridized carbons (Fsp3) is 0.267. The van der Waals surface area contributed by atoms with Gasteiger partial charge in [-0.3, -0.25) is 0 Å². The number of aryl methyl sites for hydroxylation is 1. The molecule has 6 heteroatoms. The molecule has 0 aliphatic rings. The number of aromatic nitrogens is 1. The zero-order chi connectivity index (χ0) is 15.4. The highest BCUT2D eigenvalue weighted by Gasteiger charge is 2.11. The van der Waals surface area contributed by atoms with Gasteiger partial charge in [0.25, 0.3) is 0 Å². The number of halogens is 2. The molecule has 2 aromatic rings. The highest BCUT2D eigenvalue weighted by Crippen LogP contribution is 2.36. The summed E-state index contributed by atoms with van der Waals surface area (Å²) in [7, 11) is 3.22. The van der Waals surface area contributed by atoms with Crippen molar-refractivity contribution in [3.05, 3.63) is 45.1 Å². The molecule has 0 fully saturated rings. The largest absolute Gasteiger partial charge is 0.493 e. The summed E-state index contributed by atoms with van der Waals surface area (Å²) in [6.07, 6.45) is 1.74. The molecule has 112 valence electrons. The minimum Gasteiger partial charge on any atom is -0.493 e. The zero-order valence-electron chi connectivity index (χ0n) is 12.0. The van der Waals surface area contributed by atoms with E-state index in [1.54, 1.807) is 20.4 Å². The third-order valence-electron chi connectivity index (χ3n) is 2.95. The number of benzene rings is 1. The Balaban J connectivity index is 2.20. The molecule has 0 unspecified atom stereocenters. The molecule has 0 aliphatic carbocycles. The topological polar surface area (TPSA) is 43.4 Å². The maximum absolute atomic E-state index is 6.07. The molecule has 0 atom stereocenters. The number of methoxy groups -OCH3 is 2. The molecule has 2 rings (SSSR count). The van der Waals surface area contributed by atoms with E-state index in [9.17, 15) is 0 Å². The Morgan fingerprint density at radius 1 is 1.24 bits per heavy atom. The highest BCUT2D eigenvalue weighted by atomic mass is 79.9. The van der Waals surface area contributed by atoms with Gasteiger partial charge in [-0.2, -0.15) is 0 Å². The molecule has 1 heterocycles. The average molecular weight is 372 g/mol. The van der Waals surface area contributed by atoms with E-state index in [2.05, 4.69) is 26.2 Å². The van der Waals surface area contributed by atoms with Gasteiger partial charge in [-0.05, 0) is 52.2 Å². The first kappa shape index (κ1) is 15.9. The minimum atomic E-state index is 0.458. The second kappa shape index (κ2) is 7.00. The van der Waals surface area contributed by atoms with Crippen LogP contribution in [0.1, 0.15) is 11.1 Å². The predicted molar refractivity (Wildman–Crippen MR) is 88.6 cm³/mol. The van der Waals surface area contributed by atoms with Gasteiger partial charge in [-0.15, -0.1) is 0 Å². The lowest BCUT2D eigenvalue weighted by atomic mass is 10.2. The van der Waals surface area contributed by atoms with Crippen molar-refractivity contribution >= 4 is 33.2 Å². The molecule has 0 aliphatic heterocycles. The van der Waals surface area contributed by atoms with Gasteiger partial charge in [-0.1, -0.05) is 11.6 Å². The molecule has 0 saturated heterocycles. The Kier molecular flexibility index (Phi) is 5.31. The van der Waals surface area contributed by atoms with Crippen LogP contribution < -0.4 is 14.8 Å². The summed E-state index contributed by atoms with van der Waals surface area (Å²) >= 11 is 9.55. The number of anilines is 1. The number of pyridine rings is 1. The molecule has 0 amide bonds. The predicted octanol–water partition coefficient (Wildman–Crippen LogP) is 4.44. The van der Waals surface area contributed by atoms with E-state index < -0.39 is 0 Å². The van der Waals surface area contributed by atoms with Crippen LogP contribution in [-0.2, 0) is 6.54 Å². The van der Waals surface area contributed by atoms with Crippen molar-refractivity contribution in [1.82, 2.24) is 4.98 Å². The second-order valence-electron chi connectivity index (χ2n) is 4.52. The van der Waals surface area contributed by atoms with Gasteiger partial charge in [0.2, 0.25) is 0 Å². The van der Waals surface area contributed by atoms with Gasteiger partial charge in [0.1, 0.15) is 0 Å². The smallest absolute Gasteiger partial charge is 0.174 e. The van der Waals surface area contributed by atoms with Crippen LogP contribution in [0.3, 0.4) is 0 Å². The van der Waals surface area contributed by atoms with Crippen LogP contribution in [0, 0.1) is 6.92 Å². The van der Waals surface area contributed by atoms with E-state index in [0.717, 1.165) is 21.3 Å². The molecule has 0 spiro atoms. The minimum absolute atomic E-state index is 0.458. The first-order chi connectivity index (χ1) is 10.0. The molecule has 21 heavy (non-hydrogen) atoms. The quantitative estimate of drug-likeness (QED) is 0.789. The van der Waals surface area contributed by atoms with Crippen LogP contribution in [0.4, 0.5) is 5.69 Å². The molecule has 1 N–H and O–H groups in total. The Morgan fingerprint density at radius 2 is 2.00 bits per heavy atom. The van der Waals surface area contributed by atoms with Gasteiger partial charge in [0, 0.05) is 12.7 Å². The van der Waals surface area contributed by atoms with Crippen LogP contribution in [0.2, 0.25) is 5.15 Å². The molecule has 4 nitrogen and oxygen atoms in total. The second-order valence-corrected chi connectivity index (χ2v) is 5.73. The summed E-state index contributed by atoms with van der Waals surface area (Å²) in [6.45, 7) is 2.57. The van der Waals surface area contributed by atoms with Crippen LogP contribution in [0.5, 0.6) is 11.5 Å². The summed E-state index contributed by atoms with van der Waals surface area (Å²) in [5.74, 6) is 1.36. The number of nitrogens with zero attached hydrogens (tertiary/aromatic N) is 1. The summed E-state index contributed by atoms with van der Waals surface area (Å²) in [5, 5.41) is 3.73. The van der Waals surface area contributed by atoms with Crippen molar-refractivity contribution in [1.29, 1.82) is 0 Å². The summed E-state index contributed by atoms with van der Waals surface area (Å²) in [4.78, 5) is 4.12. The first-order valence-corrected chi connectivity index (χ1v) is 7.48. The molecule has 1 aromatic carbocycles. The van der Waals surface area contributed by atoms with Crippen LogP contribution >= 0.6 is 27.5 Å². The average Bonchev–Trinajstić information content (AvgIpc) is 2.47. The number of ether oxygens (including phenoxy) is 2. The van der Waals surface area contributed by atoms with E-state index in [1.807, 2.05) is 25.1 Å². The zero-order valence-corrected chi connectivity index (χ0v) is 14.4. The van der Waals surface area contributed by atoms with E-state index in [0.29, 0.717) is 23.2 Å². The molecule has 0 saturated carbocycles. The normalized spacial score (nSPS) is 10.3. The highest BCUT2D eigenvalue weighted by molar-refractivity contribution is 9.10. The van der Waals surface area contributed by atoms with Crippen LogP contribution in [0.15, 0.2) is 28.9 Å². The molecular weight excluding hydrogens is 356 g/mol. The Hall–Kier alpha value is -1.46. The van der Waals surface area contributed by atoms with Gasteiger partial charge in [0.05, 0.1) is 24.4 Å². The lowest BCUT2D eigenvalue weighted by Crippen LogP contribution is -2.02. The molecular formula is C15H16BrClN2O2. The number of hydrogen-bond donors (Lipinski definition) is 1. The lowest BCUT2D eigenvalue weighted by molar-refractivity contribution is 0.352. The van der Waals surface area contributed by atoms with Crippen molar-refractivity contribution in [3.63, 3.8) is 0 Å². The molecule has 0 bridgehead atoms. The van der Waals surface area contributed by atoms with Gasteiger partial charge >= 0.3 is 0 Å². The van der Waals surface area contributed by atoms with Crippen molar-refractivity contribution in [2.75, 3.05) is 19.5 Å². The number of hydrogen-bond acceptors (Lipinski definition) is 4. The molecule has 0 radical (unpaired) electrons. The molecule has 1 aromatic heterocycles. The number of rotatable bonds is 5. The van der Waals surface area contributed by atoms with E-state index in [-0.39, 0.29) is 0 Å². The maximum atomic E-state index is 6.07. The van der Waals surface area contributed by atoms with Crippen LogP contribution in [-0.4, -0.2) is 19.2 Å². The first-order valence-electron chi connectivity index (χ1n) is 6.31. The van der Waals surface area contributed by atoms with Crippen LogP contribution in [0.25, 0.3) is 0 Å². The van der Waals surface area contributed by atoms with Gasteiger partial charge in [-0.25, -0.2) is 4.98 Å². The Bertz CT molecular complexity index is 650. The monoisotopic (exact) mass is 370 g/mol. The van der Waals surface area contributed by atoms with E-state index in [1.165, 1.54) is 0 Å². The Morgan fingerprint density at radius 3 is 2.67 bits per heavy atom. The number of nitrogens with one attached hydrogen (secondary N) is 1. The SMILES string of the molecule is COc1cc(CNc2cc(C)cnc2Cl)cc(Br)c1OC. The van der Waals surface area contributed by atoms with Crippen molar-refractivity contribution in [2.45, 2.75) is 13.5 Å². The van der Waals surface area contributed by atoms with Gasteiger partial charge < -0.3 is 14.8 Å². The third-order valence-corrected chi connectivity index (χ3v) is 3.84. The van der Waals surface area contributed by atoms with Crippen molar-refractivity contribution < 1.29 is 9.47 Å². The standard InChI is InChI=1S/C15H16BrClN2O2/c1-9-4-12(15(17)19-7-9)18-8-10-5-11(16)14(21-3)13(6-10)20-2/h4-7,18H,8H2,1-3H3. The lowest BCUT2D eigenvalue weighted by Gasteiger charge is -2.13. The third kappa shape index (κ3) is 3.80. The van der Waals surface area contributed by atoms with Crippen molar-refractivity contribution in [3.8, 4) is 11.5 Å². The Labute approximate surface area is 137 Å². The van der Waals surface area contributed by atoms with Gasteiger partial charge in [0.15, 0.2) is 16.7 Å². The van der Waals surface area contributed by atoms with E-state index in [4.69, 9.17) is 21.1 Å².